The van der Waals surface area contributed by atoms with Crippen LogP contribution in [0.5, 0.6) is 0 Å². The third-order valence-corrected chi connectivity index (χ3v) is 4.18. The van der Waals surface area contributed by atoms with Crippen LogP contribution in [0.25, 0.3) is 0 Å². The van der Waals surface area contributed by atoms with E-state index in [1.165, 1.54) is 19.3 Å². The van der Waals surface area contributed by atoms with E-state index in [2.05, 4.69) is 33.0 Å². The normalized spacial score (nSPS) is 34.7. The molecule has 2 N–H and O–H groups in total. The van der Waals surface area contributed by atoms with Gasteiger partial charge in [0, 0.05) is 18.2 Å². The van der Waals surface area contributed by atoms with E-state index < -0.39 is 0 Å². The van der Waals surface area contributed by atoms with Crippen molar-refractivity contribution in [1.29, 1.82) is 0 Å². The second-order valence-electron chi connectivity index (χ2n) is 6.15. The Morgan fingerprint density at radius 3 is 2.19 bits per heavy atom. The topological polar surface area (TPSA) is 32.3 Å². The first kappa shape index (κ1) is 14.0. The largest absolute Gasteiger partial charge is 0.396 e. The molecule has 1 aliphatic rings. The van der Waals surface area contributed by atoms with Crippen LogP contribution in [-0.2, 0) is 0 Å². The molecule has 3 unspecified atom stereocenters. The van der Waals surface area contributed by atoms with E-state index >= 15 is 0 Å². The fourth-order valence-electron chi connectivity index (χ4n) is 3.16. The quantitative estimate of drug-likeness (QED) is 0.757. The second-order valence-corrected chi connectivity index (χ2v) is 6.15. The monoisotopic (exact) mass is 227 g/mol. The zero-order chi connectivity index (χ0) is 12.2. The fourth-order valence-corrected chi connectivity index (χ4v) is 3.16. The molecule has 2 nitrogen and oxygen atoms in total. The molecule has 0 spiro atoms. The Balaban J connectivity index is 2.50. The molecule has 1 saturated carbocycles. The molecule has 0 bridgehead atoms. The van der Waals surface area contributed by atoms with Gasteiger partial charge in [-0.3, -0.25) is 0 Å². The van der Waals surface area contributed by atoms with Gasteiger partial charge in [-0.1, -0.05) is 20.8 Å². The number of rotatable bonds is 5. The number of hydrogen-bond acceptors (Lipinski definition) is 2. The van der Waals surface area contributed by atoms with E-state index in [1.54, 1.807) is 0 Å². The van der Waals surface area contributed by atoms with Gasteiger partial charge in [-0.05, 0) is 50.9 Å². The summed E-state index contributed by atoms with van der Waals surface area (Å²) in [6, 6.07) is 0.648. The zero-order valence-electron chi connectivity index (χ0n) is 11.4. The Bertz CT molecular complexity index is 197. The molecule has 0 aromatic rings. The lowest BCUT2D eigenvalue weighted by Gasteiger charge is -2.39. The molecule has 0 aromatic carbocycles. The smallest absolute Gasteiger partial charge is 0.0448 e. The predicted molar refractivity (Wildman–Crippen MR) is 69.5 cm³/mol. The van der Waals surface area contributed by atoms with Gasteiger partial charge in [0.15, 0.2) is 0 Å². The summed E-state index contributed by atoms with van der Waals surface area (Å²) in [6.45, 7) is 9.46. The Labute approximate surface area is 101 Å². The van der Waals surface area contributed by atoms with Crippen LogP contribution in [0.15, 0.2) is 0 Å². The van der Waals surface area contributed by atoms with Gasteiger partial charge in [0.05, 0.1) is 0 Å². The van der Waals surface area contributed by atoms with Gasteiger partial charge >= 0.3 is 0 Å². The van der Waals surface area contributed by atoms with E-state index in [1.807, 2.05) is 0 Å². The lowest BCUT2D eigenvalue weighted by molar-refractivity contribution is 0.161. The molecule has 1 aliphatic carbocycles. The molecule has 0 amide bonds. The first-order valence-electron chi connectivity index (χ1n) is 6.87. The summed E-state index contributed by atoms with van der Waals surface area (Å²) in [5.41, 5.74) is 0.121. The predicted octanol–water partition coefficient (Wildman–Crippen LogP) is 2.95. The summed E-state index contributed by atoms with van der Waals surface area (Å²) in [5.74, 6) is 1.69. The van der Waals surface area contributed by atoms with Gasteiger partial charge in [0.25, 0.3) is 0 Å². The molecule has 16 heavy (non-hydrogen) atoms. The van der Waals surface area contributed by atoms with Crippen molar-refractivity contribution < 1.29 is 5.11 Å². The molecular weight excluding hydrogens is 198 g/mol. The molecule has 1 fully saturated rings. The van der Waals surface area contributed by atoms with Crippen molar-refractivity contribution in [1.82, 2.24) is 5.32 Å². The molecular formula is C14H29NO. The van der Waals surface area contributed by atoms with E-state index in [-0.39, 0.29) is 12.1 Å². The standard InChI is InChI=1S/C14H29NO/c1-5-14(4,6-7-16)15-13-9-11(2)8-12(3)10-13/h11-13,15-16H,5-10H2,1-4H3. The maximum absolute atomic E-state index is 9.13. The maximum atomic E-state index is 9.13. The van der Waals surface area contributed by atoms with Gasteiger partial charge in [-0.25, -0.2) is 0 Å². The van der Waals surface area contributed by atoms with E-state index in [0.717, 1.165) is 24.7 Å². The molecule has 96 valence electrons. The summed E-state index contributed by atoms with van der Waals surface area (Å²) < 4.78 is 0. The molecule has 0 heterocycles. The fraction of sp³-hybridized carbons (Fsp3) is 1.00. The van der Waals surface area contributed by atoms with Crippen molar-refractivity contribution in [2.24, 2.45) is 11.8 Å². The minimum absolute atomic E-state index is 0.121. The van der Waals surface area contributed by atoms with Crippen LogP contribution in [0.2, 0.25) is 0 Å². The Hall–Kier alpha value is -0.0800. The number of hydrogen-bond donors (Lipinski definition) is 2. The minimum atomic E-state index is 0.121. The van der Waals surface area contributed by atoms with Gasteiger partial charge in [0.1, 0.15) is 0 Å². The first-order chi connectivity index (χ1) is 7.49. The number of nitrogens with one attached hydrogen (secondary N) is 1. The van der Waals surface area contributed by atoms with Crippen molar-refractivity contribution in [3.8, 4) is 0 Å². The molecule has 3 atom stereocenters. The summed E-state index contributed by atoms with van der Waals surface area (Å²) in [4.78, 5) is 0. The van der Waals surface area contributed by atoms with Crippen LogP contribution in [0, 0.1) is 11.8 Å². The highest BCUT2D eigenvalue weighted by atomic mass is 16.3. The average Bonchev–Trinajstić information content (AvgIpc) is 2.16. The molecule has 0 radical (unpaired) electrons. The Morgan fingerprint density at radius 2 is 1.75 bits per heavy atom. The van der Waals surface area contributed by atoms with Crippen molar-refractivity contribution in [3.05, 3.63) is 0 Å². The first-order valence-corrected chi connectivity index (χ1v) is 6.87. The zero-order valence-corrected chi connectivity index (χ0v) is 11.4. The van der Waals surface area contributed by atoms with Crippen LogP contribution >= 0.6 is 0 Å². The summed E-state index contributed by atoms with van der Waals surface area (Å²) in [7, 11) is 0. The Kier molecular flexibility index (Phi) is 5.26. The van der Waals surface area contributed by atoms with Crippen molar-refractivity contribution in [3.63, 3.8) is 0 Å². The van der Waals surface area contributed by atoms with Crippen LogP contribution in [0.4, 0.5) is 0 Å². The highest BCUT2D eigenvalue weighted by Crippen LogP contribution is 2.30. The molecule has 0 saturated heterocycles. The van der Waals surface area contributed by atoms with Crippen molar-refractivity contribution in [2.45, 2.75) is 71.4 Å². The lowest BCUT2D eigenvalue weighted by Crippen LogP contribution is -2.50. The third kappa shape index (κ3) is 4.06. The SMILES string of the molecule is CCC(C)(CCO)NC1CC(C)CC(C)C1. The van der Waals surface area contributed by atoms with E-state index in [0.29, 0.717) is 6.04 Å². The molecule has 2 heteroatoms. The minimum Gasteiger partial charge on any atom is -0.396 e. The molecule has 0 aliphatic heterocycles. The van der Waals surface area contributed by atoms with Gasteiger partial charge < -0.3 is 10.4 Å². The maximum Gasteiger partial charge on any atom is 0.0448 e. The van der Waals surface area contributed by atoms with Crippen LogP contribution < -0.4 is 5.32 Å². The number of aliphatic hydroxyl groups is 1. The Morgan fingerprint density at radius 1 is 1.19 bits per heavy atom. The van der Waals surface area contributed by atoms with Crippen molar-refractivity contribution in [2.75, 3.05) is 6.61 Å². The highest BCUT2D eigenvalue weighted by Gasteiger charge is 2.29. The summed E-state index contributed by atoms with van der Waals surface area (Å²) in [5, 5.41) is 12.9. The molecule has 1 rings (SSSR count). The van der Waals surface area contributed by atoms with Crippen LogP contribution in [-0.4, -0.2) is 23.3 Å². The summed E-state index contributed by atoms with van der Waals surface area (Å²) >= 11 is 0. The van der Waals surface area contributed by atoms with Crippen molar-refractivity contribution >= 4 is 0 Å². The van der Waals surface area contributed by atoms with Gasteiger partial charge in [0.2, 0.25) is 0 Å². The third-order valence-electron chi connectivity index (χ3n) is 4.18. The lowest BCUT2D eigenvalue weighted by atomic mass is 9.79. The van der Waals surface area contributed by atoms with E-state index in [9.17, 15) is 0 Å². The average molecular weight is 227 g/mol. The van der Waals surface area contributed by atoms with E-state index in [4.69, 9.17) is 5.11 Å². The van der Waals surface area contributed by atoms with Gasteiger partial charge in [-0.15, -0.1) is 0 Å². The van der Waals surface area contributed by atoms with Gasteiger partial charge in [-0.2, -0.15) is 0 Å². The number of aliphatic hydroxyl groups excluding tert-OH is 1. The molecule has 0 aromatic heterocycles. The van der Waals surface area contributed by atoms with Crippen LogP contribution in [0.3, 0.4) is 0 Å². The summed E-state index contributed by atoms with van der Waals surface area (Å²) in [6.07, 6.45) is 5.92. The highest BCUT2D eigenvalue weighted by molar-refractivity contribution is 4.88. The second kappa shape index (κ2) is 6.02. The van der Waals surface area contributed by atoms with Crippen LogP contribution in [0.1, 0.15) is 59.8 Å².